The first-order valence-electron chi connectivity index (χ1n) is 10.0. The zero-order valence-corrected chi connectivity index (χ0v) is 16.1. The number of rotatable bonds is 4. The molecule has 158 valence electrons. The minimum Gasteiger partial charge on any atom is -0.379 e. The van der Waals surface area contributed by atoms with Gasteiger partial charge in [0.25, 0.3) is 11.8 Å². The Bertz CT molecular complexity index is 966. The van der Waals surface area contributed by atoms with Gasteiger partial charge in [-0.3, -0.25) is 29.4 Å². The number of halogens is 1. The number of benzene rings is 1. The van der Waals surface area contributed by atoms with Crippen molar-refractivity contribution in [2.45, 2.75) is 43.4 Å². The van der Waals surface area contributed by atoms with E-state index in [1.807, 2.05) is 0 Å². The molecule has 0 aromatic heterocycles. The van der Waals surface area contributed by atoms with Gasteiger partial charge in [-0.2, -0.15) is 0 Å². The fourth-order valence-corrected chi connectivity index (χ4v) is 4.24. The van der Waals surface area contributed by atoms with Gasteiger partial charge >= 0.3 is 0 Å². The van der Waals surface area contributed by atoms with Gasteiger partial charge in [-0.15, -0.1) is 0 Å². The lowest BCUT2D eigenvalue weighted by atomic mass is 10.0. The van der Waals surface area contributed by atoms with Gasteiger partial charge in [0.15, 0.2) is 0 Å². The molecule has 2 atom stereocenters. The minimum absolute atomic E-state index is 0.0246. The second-order valence-electron chi connectivity index (χ2n) is 8.27. The number of morpholine rings is 1. The summed E-state index contributed by atoms with van der Waals surface area (Å²) in [7, 11) is 0. The van der Waals surface area contributed by atoms with Crippen molar-refractivity contribution in [3.63, 3.8) is 0 Å². The van der Waals surface area contributed by atoms with E-state index in [2.05, 4.69) is 16.0 Å². The quantitative estimate of drug-likeness (QED) is 0.599. The van der Waals surface area contributed by atoms with Crippen LogP contribution in [0.25, 0.3) is 0 Å². The van der Waals surface area contributed by atoms with Crippen LogP contribution < -0.4 is 16.0 Å². The van der Waals surface area contributed by atoms with Gasteiger partial charge in [0, 0.05) is 25.0 Å². The first-order chi connectivity index (χ1) is 14.4. The molecule has 0 bridgehead atoms. The maximum absolute atomic E-state index is 14.6. The van der Waals surface area contributed by atoms with Gasteiger partial charge in [0.1, 0.15) is 11.9 Å². The van der Waals surface area contributed by atoms with Crippen LogP contribution in [0.15, 0.2) is 12.1 Å². The summed E-state index contributed by atoms with van der Waals surface area (Å²) in [5, 5.41) is 8.51. The SMILES string of the molecule is O=C1CCC(N2C(=O)c3ccc(F)c(NCC4CNC5(CC5)CO4)c3C2=O)C(=O)N1. The molecule has 1 aromatic carbocycles. The summed E-state index contributed by atoms with van der Waals surface area (Å²) in [6.45, 7) is 1.46. The molecule has 1 aliphatic carbocycles. The maximum Gasteiger partial charge on any atom is 0.264 e. The lowest BCUT2D eigenvalue weighted by Gasteiger charge is -2.31. The minimum atomic E-state index is -1.09. The van der Waals surface area contributed by atoms with E-state index in [1.165, 1.54) is 6.07 Å². The topological polar surface area (TPSA) is 117 Å². The number of carbonyl (C=O) groups is 4. The number of hydrogen-bond acceptors (Lipinski definition) is 7. The predicted molar refractivity (Wildman–Crippen MR) is 101 cm³/mol. The van der Waals surface area contributed by atoms with E-state index in [0.717, 1.165) is 23.8 Å². The Morgan fingerprint density at radius 1 is 1.20 bits per heavy atom. The largest absolute Gasteiger partial charge is 0.379 e. The van der Waals surface area contributed by atoms with E-state index in [4.69, 9.17) is 4.74 Å². The van der Waals surface area contributed by atoms with Crippen LogP contribution in [0.2, 0.25) is 0 Å². The van der Waals surface area contributed by atoms with Gasteiger partial charge in [-0.25, -0.2) is 4.39 Å². The fraction of sp³-hybridized carbons (Fsp3) is 0.500. The molecule has 10 heteroatoms. The zero-order chi connectivity index (χ0) is 21.0. The molecule has 30 heavy (non-hydrogen) atoms. The molecule has 2 unspecified atom stereocenters. The highest BCUT2D eigenvalue weighted by molar-refractivity contribution is 6.25. The normalized spacial score (nSPS) is 27.3. The third kappa shape index (κ3) is 3.07. The van der Waals surface area contributed by atoms with Crippen LogP contribution in [0.4, 0.5) is 10.1 Å². The van der Waals surface area contributed by atoms with E-state index in [9.17, 15) is 23.6 Å². The fourth-order valence-electron chi connectivity index (χ4n) is 4.24. The summed E-state index contributed by atoms with van der Waals surface area (Å²) >= 11 is 0. The number of nitrogens with one attached hydrogen (secondary N) is 3. The Balaban J connectivity index is 1.36. The molecule has 3 heterocycles. The van der Waals surface area contributed by atoms with Gasteiger partial charge in [-0.1, -0.05) is 0 Å². The summed E-state index contributed by atoms with van der Waals surface area (Å²) in [4.78, 5) is 50.3. The average Bonchev–Trinajstić information content (AvgIpc) is 3.43. The number of piperidine rings is 1. The molecule has 4 amide bonds. The molecular weight excluding hydrogens is 395 g/mol. The smallest absolute Gasteiger partial charge is 0.264 e. The van der Waals surface area contributed by atoms with Crippen LogP contribution >= 0.6 is 0 Å². The van der Waals surface area contributed by atoms with Crippen molar-refractivity contribution in [2.24, 2.45) is 0 Å². The number of carbonyl (C=O) groups excluding carboxylic acids is 4. The zero-order valence-electron chi connectivity index (χ0n) is 16.1. The Hall–Kier alpha value is -2.85. The Labute approximate surface area is 171 Å². The van der Waals surface area contributed by atoms with Crippen molar-refractivity contribution >= 4 is 29.3 Å². The van der Waals surface area contributed by atoms with Crippen LogP contribution in [0.5, 0.6) is 0 Å². The van der Waals surface area contributed by atoms with Crippen LogP contribution in [0.1, 0.15) is 46.4 Å². The monoisotopic (exact) mass is 416 g/mol. The number of imide groups is 2. The van der Waals surface area contributed by atoms with E-state index < -0.39 is 35.5 Å². The number of anilines is 1. The standard InChI is InChI=1S/C20H21FN4O5/c21-12-2-1-11-15(16(12)22-7-10-8-23-20(5-6-20)9-30-10)19(29)25(18(11)28)13-3-4-14(26)24-17(13)27/h1-2,10,13,22-23H,3-9H2,(H,24,26,27). The molecule has 4 aliphatic rings. The first-order valence-corrected chi connectivity index (χ1v) is 10.0. The predicted octanol–water partition coefficient (Wildman–Crippen LogP) is 0.160. The third-order valence-corrected chi connectivity index (χ3v) is 6.22. The molecule has 3 N–H and O–H groups in total. The molecule has 1 aromatic rings. The second-order valence-corrected chi connectivity index (χ2v) is 8.27. The highest BCUT2D eigenvalue weighted by Crippen LogP contribution is 2.38. The summed E-state index contributed by atoms with van der Waals surface area (Å²) in [6.07, 6.45) is 2.04. The van der Waals surface area contributed by atoms with Gasteiger partial charge < -0.3 is 15.4 Å². The highest BCUT2D eigenvalue weighted by Gasteiger charge is 2.47. The van der Waals surface area contributed by atoms with Crippen molar-refractivity contribution in [3.8, 4) is 0 Å². The number of ether oxygens (including phenoxy) is 1. The van der Waals surface area contributed by atoms with Crippen LogP contribution in [0.3, 0.4) is 0 Å². The third-order valence-electron chi connectivity index (χ3n) is 6.22. The summed E-state index contributed by atoms with van der Waals surface area (Å²) in [6, 6.07) is 1.28. The number of fused-ring (bicyclic) bond motifs is 1. The summed E-state index contributed by atoms with van der Waals surface area (Å²) < 4.78 is 20.4. The van der Waals surface area contributed by atoms with Gasteiger partial charge in [-0.05, 0) is 31.4 Å². The molecule has 0 radical (unpaired) electrons. The lowest BCUT2D eigenvalue weighted by Crippen LogP contribution is -2.54. The average molecular weight is 416 g/mol. The van der Waals surface area contributed by atoms with Crippen molar-refractivity contribution in [1.82, 2.24) is 15.5 Å². The van der Waals surface area contributed by atoms with Crippen molar-refractivity contribution in [1.29, 1.82) is 0 Å². The van der Waals surface area contributed by atoms with Gasteiger partial charge in [0.2, 0.25) is 11.8 Å². The molecule has 3 fully saturated rings. The number of amides is 4. The summed E-state index contributed by atoms with van der Waals surface area (Å²) in [5.74, 6) is -3.23. The number of nitrogens with zero attached hydrogens (tertiary/aromatic N) is 1. The Morgan fingerprint density at radius 2 is 2.00 bits per heavy atom. The molecular formula is C20H21FN4O5. The summed E-state index contributed by atoms with van der Waals surface area (Å²) in [5.41, 5.74) is -0.0306. The van der Waals surface area contributed by atoms with E-state index in [-0.39, 0.29) is 47.8 Å². The molecule has 9 nitrogen and oxygen atoms in total. The highest BCUT2D eigenvalue weighted by atomic mass is 19.1. The van der Waals surface area contributed by atoms with Crippen molar-refractivity contribution in [3.05, 3.63) is 29.1 Å². The molecule has 5 rings (SSSR count). The molecule has 1 saturated carbocycles. The van der Waals surface area contributed by atoms with Crippen molar-refractivity contribution in [2.75, 3.05) is 25.0 Å². The van der Waals surface area contributed by atoms with Crippen LogP contribution in [-0.4, -0.2) is 65.9 Å². The molecule has 2 saturated heterocycles. The van der Waals surface area contributed by atoms with Crippen LogP contribution in [0, 0.1) is 5.82 Å². The lowest BCUT2D eigenvalue weighted by molar-refractivity contribution is -0.136. The van der Waals surface area contributed by atoms with E-state index in [1.54, 1.807) is 0 Å². The molecule has 1 spiro atoms. The maximum atomic E-state index is 14.6. The number of hydrogen-bond donors (Lipinski definition) is 3. The van der Waals surface area contributed by atoms with Crippen molar-refractivity contribution < 1.29 is 28.3 Å². The van der Waals surface area contributed by atoms with E-state index >= 15 is 0 Å². The Morgan fingerprint density at radius 3 is 2.67 bits per heavy atom. The van der Waals surface area contributed by atoms with E-state index in [0.29, 0.717) is 13.2 Å². The Kier molecular flexibility index (Phi) is 4.37. The second kappa shape index (κ2) is 6.85. The molecule has 3 aliphatic heterocycles. The van der Waals surface area contributed by atoms with Gasteiger partial charge in [0.05, 0.1) is 29.5 Å². The first kappa shape index (κ1) is 19.1. The van der Waals surface area contributed by atoms with Crippen LogP contribution in [-0.2, 0) is 14.3 Å².